The van der Waals surface area contributed by atoms with E-state index in [9.17, 15) is 17.6 Å². The predicted octanol–water partition coefficient (Wildman–Crippen LogP) is 2.38. The maximum atomic E-state index is 13.6. The van der Waals surface area contributed by atoms with Crippen molar-refractivity contribution in [2.45, 2.75) is 11.8 Å². The number of halogens is 1. The van der Waals surface area contributed by atoms with E-state index in [0.29, 0.717) is 0 Å². The van der Waals surface area contributed by atoms with Crippen LogP contribution in [0.1, 0.15) is 17.3 Å². The van der Waals surface area contributed by atoms with Crippen molar-refractivity contribution in [3.05, 3.63) is 53.8 Å². The fourth-order valence-electron chi connectivity index (χ4n) is 2.03. The van der Waals surface area contributed by atoms with Gasteiger partial charge in [0.15, 0.2) is 11.6 Å². The zero-order chi connectivity index (χ0) is 17.7. The van der Waals surface area contributed by atoms with E-state index in [1.165, 1.54) is 43.5 Å². The van der Waals surface area contributed by atoms with Crippen LogP contribution in [0.5, 0.6) is 5.75 Å². The lowest BCUT2D eigenvalue weighted by Gasteiger charge is -2.09. The number of hydrogen-bond donors (Lipinski definition) is 2. The highest BCUT2D eigenvalue weighted by Crippen LogP contribution is 2.21. The van der Waals surface area contributed by atoms with Crippen molar-refractivity contribution in [2.24, 2.45) is 0 Å². The van der Waals surface area contributed by atoms with E-state index in [-0.39, 0.29) is 28.4 Å². The maximum Gasteiger partial charge on any atom is 0.255 e. The summed E-state index contributed by atoms with van der Waals surface area (Å²) in [4.78, 5) is 12.2. The molecule has 128 valence electrons. The summed E-state index contributed by atoms with van der Waals surface area (Å²) in [6.45, 7) is 1.90. The van der Waals surface area contributed by atoms with Crippen LogP contribution in [-0.4, -0.2) is 28.0 Å². The molecular formula is C16H17FN2O4S. The fraction of sp³-hybridized carbons (Fsp3) is 0.188. The standard InChI is InChI=1S/C16H17FN2O4S/c1-3-18-24(21,22)13-6-4-5-11(9-13)16(20)19-12-7-8-15(23-2)14(17)10-12/h4-10,18H,3H2,1-2H3,(H,19,20). The molecule has 0 saturated carbocycles. The van der Waals surface area contributed by atoms with Gasteiger partial charge in [-0.05, 0) is 30.3 Å². The lowest BCUT2D eigenvalue weighted by Crippen LogP contribution is -2.23. The largest absolute Gasteiger partial charge is 0.494 e. The van der Waals surface area contributed by atoms with Crippen molar-refractivity contribution in [1.82, 2.24) is 4.72 Å². The normalized spacial score (nSPS) is 11.1. The molecule has 6 nitrogen and oxygen atoms in total. The van der Waals surface area contributed by atoms with Crippen LogP contribution >= 0.6 is 0 Å². The first kappa shape index (κ1) is 17.9. The molecule has 0 radical (unpaired) electrons. The number of hydrogen-bond acceptors (Lipinski definition) is 4. The van der Waals surface area contributed by atoms with E-state index in [1.54, 1.807) is 6.92 Å². The Kier molecular flexibility index (Phi) is 5.53. The molecule has 2 aromatic rings. The third kappa shape index (κ3) is 4.09. The molecule has 0 fully saturated rings. The molecule has 1 amide bonds. The van der Waals surface area contributed by atoms with Crippen LogP contribution in [-0.2, 0) is 10.0 Å². The van der Waals surface area contributed by atoms with Crippen LogP contribution < -0.4 is 14.8 Å². The first-order valence-corrected chi connectivity index (χ1v) is 8.60. The molecule has 0 bridgehead atoms. The highest BCUT2D eigenvalue weighted by Gasteiger charge is 2.15. The molecule has 0 spiro atoms. The second-order valence-corrected chi connectivity index (χ2v) is 6.60. The Morgan fingerprint density at radius 3 is 2.58 bits per heavy atom. The highest BCUT2D eigenvalue weighted by molar-refractivity contribution is 7.89. The van der Waals surface area contributed by atoms with Gasteiger partial charge < -0.3 is 10.1 Å². The average Bonchev–Trinajstić information content (AvgIpc) is 2.55. The molecular weight excluding hydrogens is 335 g/mol. The van der Waals surface area contributed by atoms with E-state index in [0.717, 1.165) is 6.07 Å². The van der Waals surface area contributed by atoms with Gasteiger partial charge in [0, 0.05) is 23.9 Å². The van der Waals surface area contributed by atoms with Gasteiger partial charge in [-0.1, -0.05) is 13.0 Å². The van der Waals surface area contributed by atoms with Crippen LogP contribution in [0, 0.1) is 5.82 Å². The summed E-state index contributed by atoms with van der Waals surface area (Å²) in [7, 11) is -2.32. The van der Waals surface area contributed by atoms with Crippen molar-refractivity contribution in [2.75, 3.05) is 19.0 Å². The summed E-state index contributed by atoms with van der Waals surface area (Å²) >= 11 is 0. The molecule has 2 N–H and O–H groups in total. The number of anilines is 1. The topological polar surface area (TPSA) is 84.5 Å². The number of amides is 1. The van der Waals surface area contributed by atoms with E-state index in [2.05, 4.69) is 10.0 Å². The third-order valence-corrected chi connectivity index (χ3v) is 4.69. The Morgan fingerprint density at radius 2 is 1.96 bits per heavy atom. The number of nitrogens with one attached hydrogen (secondary N) is 2. The molecule has 0 unspecified atom stereocenters. The van der Waals surface area contributed by atoms with Crippen LogP contribution in [0.15, 0.2) is 47.4 Å². The molecule has 0 aromatic heterocycles. The minimum absolute atomic E-state index is 0.0158. The Morgan fingerprint density at radius 1 is 1.21 bits per heavy atom. The van der Waals surface area contributed by atoms with E-state index in [4.69, 9.17) is 4.74 Å². The van der Waals surface area contributed by atoms with Crippen molar-refractivity contribution >= 4 is 21.6 Å². The molecule has 8 heteroatoms. The van der Waals surface area contributed by atoms with Crippen LogP contribution in [0.25, 0.3) is 0 Å². The third-order valence-electron chi connectivity index (χ3n) is 3.15. The second-order valence-electron chi connectivity index (χ2n) is 4.83. The van der Waals surface area contributed by atoms with Crippen molar-refractivity contribution in [1.29, 1.82) is 0 Å². The summed E-state index contributed by atoms with van der Waals surface area (Å²) < 4.78 is 44.7. The molecule has 0 saturated heterocycles. The Hall–Kier alpha value is -2.45. The molecule has 0 aliphatic rings. The maximum absolute atomic E-state index is 13.6. The number of benzene rings is 2. The lowest BCUT2D eigenvalue weighted by atomic mass is 10.2. The lowest BCUT2D eigenvalue weighted by molar-refractivity contribution is 0.102. The Labute approximate surface area is 139 Å². The van der Waals surface area contributed by atoms with Crippen LogP contribution in [0.2, 0.25) is 0 Å². The predicted molar refractivity (Wildman–Crippen MR) is 88.2 cm³/mol. The summed E-state index contributed by atoms with van der Waals surface area (Å²) in [5, 5.41) is 2.51. The monoisotopic (exact) mass is 352 g/mol. The number of sulfonamides is 1. The van der Waals surface area contributed by atoms with Crippen molar-refractivity contribution < 1.29 is 22.3 Å². The summed E-state index contributed by atoms with van der Waals surface area (Å²) in [5.74, 6) is -1.10. The van der Waals surface area contributed by atoms with Gasteiger partial charge >= 0.3 is 0 Å². The quantitative estimate of drug-likeness (QED) is 0.836. The number of ether oxygens (including phenoxy) is 1. The van der Waals surface area contributed by atoms with Crippen LogP contribution in [0.4, 0.5) is 10.1 Å². The van der Waals surface area contributed by atoms with Crippen molar-refractivity contribution in [3.63, 3.8) is 0 Å². The number of carbonyl (C=O) groups is 1. The first-order chi connectivity index (χ1) is 11.4. The zero-order valence-corrected chi connectivity index (χ0v) is 14.0. The Balaban J connectivity index is 2.23. The SMILES string of the molecule is CCNS(=O)(=O)c1cccc(C(=O)Nc2ccc(OC)c(F)c2)c1. The molecule has 0 aliphatic carbocycles. The minimum atomic E-state index is -3.66. The van der Waals surface area contributed by atoms with Gasteiger partial charge in [0.25, 0.3) is 5.91 Å². The first-order valence-electron chi connectivity index (χ1n) is 7.12. The Bertz CT molecular complexity index is 853. The van der Waals surface area contributed by atoms with Gasteiger partial charge in [0.2, 0.25) is 10.0 Å². The number of rotatable bonds is 6. The second kappa shape index (κ2) is 7.41. The van der Waals surface area contributed by atoms with Gasteiger partial charge in [0.05, 0.1) is 12.0 Å². The summed E-state index contributed by atoms with van der Waals surface area (Å²) in [5.41, 5.74) is 0.378. The summed E-state index contributed by atoms with van der Waals surface area (Å²) in [6.07, 6.45) is 0. The minimum Gasteiger partial charge on any atom is -0.494 e. The van der Waals surface area contributed by atoms with E-state index < -0.39 is 21.7 Å². The molecule has 2 rings (SSSR count). The number of methoxy groups -OCH3 is 1. The molecule has 0 atom stereocenters. The van der Waals surface area contributed by atoms with Gasteiger partial charge in [-0.2, -0.15) is 0 Å². The van der Waals surface area contributed by atoms with Gasteiger partial charge in [-0.25, -0.2) is 17.5 Å². The van der Waals surface area contributed by atoms with Crippen LogP contribution in [0.3, 0.4) is 0 Å². The molecule has 0 aliphatic heterocycles. The van der Waals surface area contributed by atoms with Crippen molar-refractivity contribution in [3.8, 4) is 5.75 Å². The molecule has 0 heterocycles. The molecule has 2 aromatic carbocycles. The fourth-order valence-corrected chi connectivity index (χ4v) is 3.11. The molecule has 24 heavy (non-hydrogen) atoms. The van der Waals surface area contributed by atoms with E-state index >= 15 is 0 Å². The zero-order valence-electron chi connectivity index (χ0n) is 13.2. The smallest absolute Gasteiger partial charge is 0.255 e. The van der Waals surface area contributed by atoms with Gasteiger partial charge in [0.1, 0.15) is 0 Å². The number of carbonyl (C=O) groups excluding carboxylic acids is 1. The van der Waals surface area contributed by atoms with E-state index in [1.807, 2.05) is 0 Å². The van der Waals surface area contributed by atoms with Gasteiger partial charge in [-0.15, -0.1) is 0 Å². The van der Waals surface area contributed by atoms with Gasteiger partial charge in [-0.3, -0.25) is 4.79 Å². The summed E-state index contributed by atoms with van der Waals surface area (Å²) in [6, 6.07) is 9.58. The average molecular weight is 352 g/mol. The highest BCUT2D eigenvalue weighted by atomic mass is 32.2.